The number of carbonyl (C=O) groups excluding carboxylic acids is 2. The second-order valence-corrected chi connectivity index (χ2v) is 9.86. The molecule has 25 heavy (non-hydrogen) atoms. The second kappa shape index (κ2) is 6.60. The van der Waals surface area contributed by atoms with E-state index in [0.717, 1.165) is 11.3 Å². The smallest absolute Gasteiger partial charge is 0.408 e. The van der Waals surface area contributed by atoms with Crippen LogP contribution in [0.15, 0.2) is 9.85 Å². The molecule has 1 aromatic heterocycles. The Hall–Kier alpha value is -1.61. The molecule has 7 nitrogen and oxygen atoms in total. The van der Waals surface area contributed by atoms with E-state index in [4.69, 9.17) is 5.73 Å². The molecule has 1 fully saturated rings. The van der Waals surface area contributed by atoms with Crippen LogP contribution in [0.5, 0.6) is 0 Å². The molecule has 0 aromatic carbocycles. The molecule has 0 unspecified atom stereocenters. The topological polar surface area (TPSA) is 113 Å². The predicted octanol–water partition coefficient (Wildman–Crippen LogP) is 3.35. The molecule has 2 atom stereocenters. The van der Waals surface area contributed by atoms with Gasteiger partial charge in [-0.1, -0.05) is 27.7 Å². The van der Waals surface area contributed by atoms with Crippen molar-refractivity contribution in [3.8, 4) is 0 Å². The minimum Gasteiger partial charge on any atom is -0.465 e. The van der Waals surface area contributed by atoms with Crippen LogP contribution in [0, 0.1) is 11.3 Å². The number of nitrogens with two attached hydrogens (primary N) is 1. The maximum atomic E-state index is 13.2. The standard InChI is InChI=1S/C16H22BrN3O4S/c1-8-6-16(15(2,3)4,20(7-8)14(23)24)13(22)19-9-5-10(17)25-11(9)12(18)21/h5,8H,6-7H2,1-4H3,(H2,18,21)(H,19,22)(H,23,24)/t8-,16+/m0/s1. The molecule has 1 saturated heterocycles. The molecular formula is C16H22BrN3O4S. The maximum Gasteiger partial charge on any atom is 0.408 e. The van der Waals surface area contributed by atoms with Gasteiger partial charge in [0, 0.05) is 6.54 Å². The number of carbonyl (C=O) groups is 3. The van der Waals surface area contributed by atoms with Crippen LogP contribution in [0.2, 0.25) is 0 Å². The van der Waals surface area contributed by atoms with Gasteiger partial charge in [0.15, 0.2) is 0 Å². The van der Waals surface area contributed by atoms with Crippen LogP contribution < -0.4 is 11.1 Å². The second-order valence-electron chi connectivity index (χ2n) is 7.42. The Kier molecular flexibility index (Phi) is 5.21. The molecule has 4 N–H and O–H groups in total. The summed E-state index contributed by atoms with van der Waals surface area (Å²) >= 11 is 4.40. The Balaban J connectivity index is 2.48. The van der Waals surface area contributed by atoms with Crippen LogP contribution in [0.25, 0.3) is 0 Å². The largest absolute Gasteiger partial charge is 0.465 e. The molecule has 0 aliphatic carbocycles. The molecule has 0 bridgehead atoms. The molecule has 2 rings (SSSR count). The van der Waals surface area contributed by atoms with Crippen LogP contribution in [0.3, 0.4) is 0 Å². The monoisotopic (exact) mass is 431 g/mol. The van der Waals surface area contributed by atoms with Gasteiger partial charge in [0.05, 0.1) is 9.47 Å². The highest BCUT2D eigenvalue weighted by atomic mass is 79.9. The van der Waals surface area contributed by atoms with Crippen LogP contribution >= 0.6 is 27.3 Å². The molecule has 2 heterocycles. The first-order chi connectivity index (χ1) is 11.4. The van der Waals surface area contributed by atoms with E-state index >= 15 is 0 Å². The highest BCUT2D eigenvalue weighted by molar-refractivity contribution is 9.11. The zero-order valence-corrected chi connectivity index (χ0v) is 17.0. The van der Waals surface area contributed by atoms with Gasteiger partial charge in [-0.2, -0.15) is 0 Å². The van der Waals surface area contributed by atoms with E-state index < -0.39 is 28.9 Å². The number of hydrogen-bond donors (Lipinski definition) is 3. The first kappa shape index (κ1) is 19.7. The Bertz CT molecular complexity index is 727. The highest BCUT2D eigenvalue weighted by Crippen LogP contribution is 2.47. The highest BCUT2D eigenvalue weighted by Gasteiger charge is 2.59. The predicted molar refractivity (Wildman–Crippen MR) is 99.9 cm³/mol. The molecule has 9 heteroatoms. The normalized spacial score (nSPS) is 23.6. The Labute approximate surface area is 158 Å². The van der Waals surface area contributed by atoms with Crippen molar-refractivity contribution >= 4 is 50.9 Å². The number of nitrogens with zero attached hydrogens (tertiary/aromatic N) is 1. The third-order valence-electron chi connectivity index (χ3n) is 4.62. The number of rotatable bonds is 3. The fraction of sp³-hybridized carbons (Fsp3) is 0.562. The van der Waals surface area contributed by atoms with Gasteiger partial charge in [-0.05, 0) is 39.8 Å². The lowest BCUT2D eigenvalue weighted by Crippen LogP contribution is -2.62. The Morgan fingerprint density at radius 1 is 1.44 bits per heavy atom. The van der Waals surface area contributed by atoms with Gasteiger partial charge in [0.1, 0.15) is 10.4 Å². The molecular weight excluding hydrogens is 410 g/mol. The fourth-order valence-electron chi connectivity index (χ4n) is 3.52. The zero-order chi connectivity index (χ0) is 19.2. The minimum absolute atomic E-state index is 0.0471. The Morgan fingerprint density at radius 3 is 2.52 bits per heavy atom. The summed E-state index contributed by atoms with van der Waals surface area (Å²) in [6.07, 6.45) is -0.720. The summed E-state index contributed by atoms with van der Waals surface area (Å²) in [5.41, 5.74) is 3.79. The molecule has 1 aliphatic rings. The van der Waals surface area contributed by atoms with Crippen LogP contribution in [0.1, 0.15) is 43.8 Å². The fourth-order valence-corrected chi connectivity index (χ4v) is 4.92. The van der Waals surface area contributed by atoms with E-state index in [1.807, 2.05) is 27.7 Å². The maximum absolute atomic E-state index is 13.2. The third kappa shape index (κ3) is 3.39. The number of amides is 3. The average Bonchev–Trinajstić information content (AvgIpc) is 2.99. The van der Waals surface area contributed by atoms with Crippen LogP contribution in [0.4, 0.5) is 10.5 Å². The number of anilines is 1. The lowest BCUT2D eigenvalue weighted by Gasteiger charge is -2.45. The van der Waals surface area contributed by atoms with Crippen molar-refractivity contribution in [2.75, 3.05) is 11.9 Å². The minimum atomic E-state index is -1.23. The van der Waals surface area contributed by atoms with Gasteiger partial charge in [-0.15, -0.1) is 11.3 Å². The third-order valence-corrected chi connectivity index (χ3v) is 6.27. The van der Waals surface area contributed by atoms with E-state index in [-0.39, 0.29) is 17.3 Å². The average molecular weight is 432 g/mol. The van der Waals surface area contributed by atoms with Gasteiger partial charge in [-0.25, -0.2) is 4.79 Å². The van der Waals surface area contributed by atoms with Crippen molar-refractivity contribution < 1.29 is 19.5 Å². The molecule has 1 aromatic rings. The molecule has 0 spiro atoms. The molecule has 0 radical (unpaired) electrons. The summed E-state index contributed by atoms with van der Waals surface area (Å²) in [7, 11) is 0. The molecule has 3 amide bonds. The van der Waals surface area contributed by atoms with E-state index in [9.17, 15) is 19.5 Å². The van der Waals surface area contributed by atoms with Crippen LogP contribution in [-0.2, 0) is 4.79 Å². The molecule has 0 saturated carbocycles. The van der Waals surface area contributed by atoms with E-state index in [1.54, 1.807) is 6.07 Å². The number of carboxylic acid groups (broad SMARTS) is 1. The Morgan fingerprint density at radius 2 is 2.04 bits per heavy atom. The van der Waals surface area contributed by atoms with Gasteiger partial charge < -0.3 is 16.2 Å². The van der Waals surface area contributed by atoms with Crippen molar-refractivity contribution in [2.24, 2.45) is 17.1 Å². The van der Waals surface area contributed by atoms with Gasteiger partial charge in [0.2, 0.25) is 0 Å². The van der Waals surface area contributed by atoms with E-state index in [2.05, 4.69) is 21.2 Å². The molecule has 1 aliphatic heterocycles. The number of hydrogen-bond acceptors (Lipinski definition) is 4. The number of halogens is 1. The lowest BCUT2D eigenvalue weighted by molar-refractivity contribution is -0.131. The summed E-state index contributed by atoms with van der Waals surface area (Å²) in [4.78, 5) is 38.1. The summed E-state index contributed by atoms with van der Waals surface area (Å²) in [5.74, 6) is -1.05. The number of thiophene rings is 1. The summed E-state index contributed by atoms with van der Waals surface area (Å²) in [6.45, 7) is 7.75. The van der Waals surface area contributed by atoms with Crippen molar-refractivity contribution in [1.82, 2.24) is 4.90 Å². The van der Waals surface area contributed by atoms with Crippen molar-refractivity contribution in [2.45, 2.75) is 39.7 Å². The van der Waals surface area contributed by atoms with Gasteiger partial charge in [-0.3, -0.25) is 14.5 Å². The zero-order valence-electron chi connectivity index (χ0n) is 14.6. The van der Waals surface area contributed by atoms with Gasteiger partial charge >= 0.3 is 6.09 Å². The van der Waals surface area contributed by atoms with Gasteiger partial charge in [0.25, 0.3) is 11.8 Å². The van der Waals surface area contributed by atoms with E-state index in [0.29, 0.717) is 15.9 Å². The lowest BCUT2D eigenvalue weighted by atomic mass is 9.70. The first-order valence-corrected chi connectivity index (χ1v) is 9.42. The number of nitrogens with one attached hydrogen (secondary N) is 1. The first-order valence-electron chi connectivity index (χ1n) is 7.81. The van der Waals surface area contributed by atoms with E-state index in [1.165, 1.54) is 4.90 Å². The summed E-state index contributed by atoms with van der Waals surface area (Å²) in [6, 6.07) is 1.60. The summed E-state index contributed by atoms with van der Waals surface area (Å²) in [5, 5.41) is 12.4. The molecule has 138 valence electrons. The van der Waals surface area contributed by atoms with Crippen LogP contribution in [-0.4, -0.2) is 40.0 Å². The SMILES string of the molecule is C[C@@H]1CN(C(=O)O)[C@](C(=O)Nc2cc(Br)sc2C(N)=O)(C(C)(C)C)C1. The van der Waals surface area contributed by atoms with Crippen molar-refractivity contribution in [3.05, 3.63) is 14.7 Å². The number of likely N-dealkylation sites (tertiary alicyclic amines) is 1. The summed E-state index contributed by atoms with van der Waals surface area (Å²) < 4.78 is 0.649. The number of primary amides is 1. The van der Waals surface area contributed by atoms with Crippen molar-refractivity contribution in [3.63, 3.8) is 0 Å². The quantitative estimate of drug-likeness (QED) is 0.680. The van der Waals surface area contributed by atoms with Crippen molar-refractivity contribution in [1.29, 1.82) is 0 Å².